The average molecular weight is 372 g/mol. The molecule has 0 saturated heterocycles. The smallest absolute Gasteiger partial charge is 0.129 e. The van der Waals surface area contributed by atoms with E-state index < -0.39 is 11.6 Å². The Balaban J connectivity index is 2.21. The standard InChI is InChI=1S/C12H7BrCl2F2S/c13-9(8-5-11(14)18-12(8)15)3-6-1-2-7(16)4-10(6)17/h1-2,4-5,9H,3H2. The van der Waals surface area contributed by atoms with Crippen LogP contribution in [0, 0.1) is 11.6 Å². The van der Waals surface area contributed by atoms with E-state index in [4.69, 9.17) is 23.2 Å². The molecule has 1 atom stereocenters. The molecule has 96 valence electrons. The van der Waals surface area contributed by atoms with Gasteiger partial charge in [0, 0.05) is 10.9 Å². The summed E-state index contributed by atoms with van der Waals surface area (Å²) in [6.07, 6.45) is 0.374. The summed E-state index contributed by atoms with van der Waals surface area (Å²) >= 11 is 16.6. The summed E-state index contributed by atoms with van der Waals surface area (Å²) in [6, 6.07) is 5.29. The molecule has 1 unspecified atom stereocenters. The Morgan fingerprint density at radius 1 is 1.22 bits per heavy atom. The number of hydrogen-bond donors (Lipinski definition) is 0. The molecular formula is C12H7BrCl2F2S. The molecule has 2 aromatic rings. The first kappa shape index (κ1) is 14.3. The van der Waals surface area contributed by atoms with Gasteiger partial charge in [0.2, 0.25) is 0 Å². The van der Waals surface area contributed by atoms with Crippen LogP contribution in [0.15, 0.2) is 24.3 Å². The monoisotopic (exact) mass is 370 g/mol. The number of halogens is 5. The zero-order chi connectivity index (χ0) is 13.3. The Labute approximate surface area is 126 Å². The minimum absolute atomic E-state index is 0.159. The van der Waals surface area contributed by atoms with Crippen molar-refractivity contribution in [2.45, 2.75) is 11.2 Å². The van der Waals surface area contributed by atoms with Gasteiger partial charge in [-0.2, -0.15) is 0 Å². The third-order valence-corrected chi connectivity index (χ3v) is 4.77. The van der Waals surface area contributed by atoms with Crippen molar-refractivity contribution in [1.29, 1.82) is 0 Å². The van der Waals surface area contributed by atoms with E-state index in [-0.39, 0.29) is 4.83 Å². The highest BCUT2D eigenvalue weighted by Gasteiger charge is 2.17. The molecular weight excluding hydrogens is 365 g/mol. The highest BCUT2D eigenvalue weighted by atomic mass is 79.9. The van der Waals surface area contributed by atoms with Crippen LogP contribution < -0.4 is 0 Å². The average Bonchev–Trinajstić information content (AvgIpc) is 2.62. The third kappa shape index (κ3) is 3.23. The van der Waals surface area contributed by atoms with E-state index in [9.17, 15) is 8.78 Å². The lowest BCUT2D eigenvalue weighted by molar-refractivity contribution is 0.571. The summed E-state index contributed by atoms with van der Waals surface area (Å²) in [7, 11) is 0. The molecule has 1 aromatic heterocycles. The van der Waals surface area contributed by atoms with E-state index in [1.807, 2.05) is 0 Å². The normalized spacial score (nSPS) is 12.7. The lowest BCUT2D eigenvalue weighted by Gasteiger charge is -2.09. The van der Waals surface area contributed by atoms with E-state index in [0.29, 0.717) is 20.7 Å². The quantitative estimate of drug-likeness (QED) is 0.579. The lowest BCUT2D eigenvalue weighted by Crippen LogP contribution is -1.98. The van der Waals surface area contributed by atoms with Crippen molar-refractivity contribution in [1.82, 2.24) is 0 Å². The van der Waals surface area contributed by atoms with E-state index in [2.05, 4.69) is 15.9 Å². The number of hydrogen-bond acceptors (Lipinski definition) is 1. The fourth-order valence-electron chi connectivity index (χ4n) is 1.56. The number of rotatable bonds is 3. The molecule has 0 aliphatic rings. The SMILES string of the molecule is Fc1ccc(CC(Br)c2cc(Cl)sc2Cl)c(F)c1. The van der Waals surface area contributed by atoms with Crippen LogP contribution in [0.3, 0.4) is 0 Å². The van der Waals surface area contributed by atoms with Gasteiger partial charge >= 0.3 is 0 Å². The zero-order valence-electron chi connectivity index (χ0n) is 8.89. The molecule has 0 radical (unpaired) electrons. The molecule has 0 amide bonds. The second kappa shape index (κ2) is 5.87. The number of thiophene rings is 1. The van der Waals surface area contributed by atoms with Crippen molar-refractivity contribution in [2.24, 2.45) is 0 Å². The second-order valence-corrected chi connectivity index (χ2v) is 7.08. The predicted molar refractivity (Wildman–Crippen MR) is 76.1 cm³/mol. The van der Waals surface area contributed by atoms with Crippen LogP contribution in [0.1, 0.15) is 16.0 Å². The number of benzene rings is 1. The van der Waals surface area contributed by atoms with Crippen molar-refractivity contribution in [3.05, 3.63) is 55.7 Å². The summed E-state index contributed by atoms with van der Waals surface area (Å²) in [5.41, 5.74) is 1.24. The Hall–Kier alpha value is -0.160. The zero-order valence-corrected chi connectivity index (χ0v) is 12.8. The first-order valence-electron chi connectivity index (χ1n) is 5.00. The molecule has 0 saturated carbocycles. The summed E-state index contributed by atoms with van der Waals surface area (Å²) < 4.78 is 27.5. The minimum atomic E-state index is -0.584. The molecule has 0 spiro atoms. The Morgan fingerprint density at radius 3 is 2.50 bits per heavy atom. The predicted octanol–water partition coefficient (Wildman–Crippen LogP) is 6.01. The molecule has 1 heterocycles. The second-order valence-electron chi connectivity index (χ2n) is 3.69. The Bertz CT molecular complexity index is 571. The summed E-state index contributed by atoms with van der Waals surface area (Å²) in [5, 5.41) is 0. The van der Waals surface area contributed by atoms with Crippen LogP contribution in [0.5, 0.6) is 0 Å². The van der Waals surface area contributed by atoms with E-state index in [1.165, 1.54) is 23.5 Å². The van der Waals surface area contributed by atoms with Crippen molar-refractivity contribution >= 4 is 50.5 Å². The fourth-order valence-corrected chi connectivity index (χ4v) is 4.13. The maximum atomic E-state index is 13.5. The van der Waals surface area contributed by atoms with Crippen LogP contribution in [-0.4, -0.2) is 0 Å². The molecule has 0 aliphatic carbocycles. The Kier molecular flexibility index (Phi) is 4.64. The molecule has 0 aliphatic heterocycles. The molecule has 6 heteroatoms. The van der Waals surface area contributed by atoms with Gasteiger partial charge in [0.15, 0.2) is 0 Å². The maximum Gasteiger partial charge on any atom is 0.129 e. The maximum absolute atomic E-state index is 13.5. The van der Waals surface area contributed by atoms with Crippen LogP contribution in [0.4, 0.5) is 8.78 Å². The topological polar surface area (TPSA) is 0 Å². The van der Waals surface area contributed by atoms with Gasteiger partial charge in [-0.1, -0.05) is 45.2 Å². The molecule has 18 heavy (non-hydrogen) atoms. The van der Waals surface area contributed by atoms with Gasteiger partial charge in [-0.15, -0.1) is 11.3 Å². The van der Waals surface area contributed by atoms with E-state index in [0.717, 1.165) is 11.6 Å². The van der Waals surface area contributed by atoms with Crippen LogP contribution in [0.25, 0.3) is 0 Å². The summed E-state index contributed by atoms with van der Waals surface area (Å²) in [4.78, 5) is -0.159. The van der Waals surface area contributed by atoms with Crippen molar-refractivity contribution in [3.63, 3.8) is 0 Å². The first-order valence-corrected chi connectivity index (χ1v) is 7.49. The largest absolute Gasteiger partial charge is 0.207 e. The van der Waals surface area contributed by atoms with E-state index >= 15 is 0 Å². The molecule has 0 fully saturated rings. The summed E-state index contributed by atoms with van der Waals surface area (Å²) in [5.74, 6) is -1.14. The van der Waals surface area contributed by atoms with Gasteiger partial charge < -0.3 is 0 Å². The minimum Gasteiger partial charge on any atom is -0.207 e. The number of alkyl halides is 1. The molecule has 1 aromatic carbocycles. The van der Waals surface area contributed by atoms with Gasteiger partial charge in [0.05, 0.1) is 8.67 Å². The first-order chi connectivity index (χ1) is 8.47. The van der Waals surface area contributed by atoms with Crippen molar-refractivity contribution in [2.75, 3.05) is 0 Å². The van der Waals surface area contributed by atoms with Gasteiger partial charge in [-0.05, 0) is 29.7 Å². The van der Waals surface area contributed by atoms with Gasteiger partial charge in [-0.25, -0.2) is 8.78 Å². The van der Waals surface area contributed by atoms with Crippen molar-refractivity contribution < 1.29 is 8.78 Å². The molecule has 0 N–H and O–H groups in total. The highest BCUT2D eigenvalue weighted by Crippen LogP contribution is 2.40. The summed E-state index contributed by atoms with van der Waals surface area (Å²) in [6.45, 7) is 0. The lowest BCUT2D eigenvalue weighted by atomic mass is 10.1. The van der Waals surface area contributed by atoms with Crippen molar-refractivity contribution in [3.8, 4) is 0 Å². The Morgan fingerprint density at radius 2 is 1.94 bits per heavy atom. The molecule has 0 nitrogen and oxygen atoms in total. The van der Waals surface area contributed by atoms with Gasteiger partial charge in [0.25, 0.3) is 0 Å². The van der Waals surface area contributed by atoms with Crippen LogP contribution in [-0.2, 0) is 6.42 Å². The van der Waals surface area contributed by atoms with Crippen LogP contribution >= 0.6 is 50.5 Å². The van der Waals surface area contributed by atoms with Gasteiger partial charge in [-0.3, -0.25) is 0 Å². The molecule has 0 bridgehead atoms. The van der Waals surface area contributed by atoms with E-state index in [1.54, 1.807) is 6.07 Å². The van der Waals surface area contributed by atoms with Gasteiger partial charge in [0.1, 0.15) is 11.6 Å². The van der Waals surface area contributed by atoms with Crippen LogP contribution in [0.2, 0.25) is 8.67 Å². The molecule has 2 rings (SSSR count). The highest BCUT2D eigenvalue weighted by molar-refractivity contribution is 9.09. The fraction of sp³-hybridized carbons (Fsp3) is 0.167. The third-order valence-electron chi connectivity index (χ3n) is 2.43.